The second kappa shape index (κ2) is 8.73. The summed E-state index contributed by atoms with van der Waals surface area (Å²) in [5.41, 5.74) is 0.00646. The van der Waals surface area contributed by atoms with Gasteiger partial charge in [0.1, 0.15) is 5.82 Å². The number of rotatable bonds is 5. The van der Waals surface area contributed by atoms with Gasteiger partial charge in [0.25, 0.3) is 5.82 Å². The summed E-state index contributed by atoms with van der Waals surface area (Å²) in [6, 6.07) is 2.74. The van der Waals surface area contributed by atoms with Gasteiger partial charge in [-0.05, 0) is 37.3 Å². The molecule has 4 rings (SSSR count). The van der Waals surface area contributed by atoms with Crippen LogP contribution in [-0.2, 0) is 20.8 Å². The van der Waals surface area contributed by atoms with Crippen LogP contribution in [0.1, 0.15) is 38.9 Å². The Hall–Kier alpha value is -2.44. The average Bonchev–Trinajstić information content (AvgIpc) is 3.33. The van der Waals surface area contributed by atoms with E-state index < -0.39 is 21.8 Å². The molecule has 1 atom stereocenters. The highest BCUT2D eigenvalue weighted by Crippen LogP contribution is 2.30. The molecule has 33 heavy (non-hydrogen) atoms. The molecular formula is C20H27F3N6O3S. The summed E-state index contributed by atoms with van der Waals surface area (Å²) in [5, 5.41) is 10.8. The summed E-state index contributed by atoms with van der Waals surface area (Å²) in [5.74, 6) is -0.788. The van der Waals surface area contributed by atoms with Gasteiger partial charge in [0, 0.05) is 31.6 Å². The van der Waals surface area contributed by atoms with Crippen LogP contribution in [-0.4, -0.2) is 76.2 Å². The molecule has 182 valence electrons. The van der Waals surface area contributed by atoms with Crippen molar-refractivity contribution in [2.24, 2.45) is 11.8 Å². The van der Waals surface area contributed by atoms with Gasteiger partial charge in [0.15, 0.2) is 15.5 Å². The number of piperidine rings is 1. The third-order valence-electron chi connectivity index (χ3n) is 6.16. The predicted molar refractivity (Wildman–Crippen MR) is 114 cm³/mol. The highest BCUT2D eigenvalue weighted by atomic mass is 32.2. The number of fused-ring (bicyclic) bond motifs is 1. The van der Waals surface area contributed by atoms with Gasteiger partial charge >= 0.3 is 6.18 Å². The number of alkyl halides is 3. The summed E-state index contributed by atoms with van der Waals surface area (Å²) in [7, 11) is -3.12. The fourth-order valence-electron chi connectivity index (χ4n) is 4.55. The molecule has 2 aromatic heterocycles. The highest BCUT2D eigenvalue weighted by Gasteiger charge is 2.39. The molecule has 0 bridgehead atoms. The van der Waals surface area contributed by atoms with E-state index in [0.717, 1.165) is 0 Å². The topological polar surface area (TPSA) is 101 Å². The van der Waals surface area contributed by atoms with Gasteiger partial charge in [-0.3, -0.25) is 4.79 Å². The first-order valence-electron chi connectivity index (χ1n) is 11.0. The summed E-state index contributed by atoms with van der Waals surface area (Å²) < 4.78 is 64.1. The Morgan fingerprint density at radius 3 is 2.45 bits per heavy atom. The molecular weight excluding hydrogens is 461 g/mol. The summed E-state index contributed by atoms with van der Waals surface area (Å²) in [6.45, 7) is 5.40. The van der Waals surface area contributed by atoms with Crippen molar-refractivity contribution in [1.82, 2.24) is 24.7 Å². The lowest BCUT2D eigenvalue weighted by Crippen LogP contribution is -2.48. The third-order valence-corrected chi connectivity index (χ3v) is 7.91. The molecule has 2 saturated heterocycles. The van der Waals surface area contributed by atoms with Crippen molar-refractivity contribution < 1.29 is 26.4 Å². The van der Waals surface area contributed by atoms with Crippen LogP contribution in [0.5, 0.6) is 0 Å². The summed E-state index contributed by atoms with van der Waals surface area (Å²) >= 11 is 0. The Balaban J connectivity index is 1.46. The van der Waals surface area contributed by atoms with E-state index >= 15 is 0 Å². The zero-order chi connectivity index (χ0) is 24.0. The fourth-order valence-corrected chi connectivity index (χ4v) is 6.28. The Labute approximate surface area is 189 Å². The lowest BCUT2D eigenvalue weighted by molar-refractivity contribution is -0.146. The molecule has 4 heterocycles. The maximum atomic E-state index is 13.3. The number of anilines is 1. The van der Waals surface area contributed by atoms with Gasteiger partial charge in [-0.15, -0.1) is 15.3 Å². The van der Waals surface area contributed by atoms with Crippen molar-refractivity contribution in [2.45, 2.75) is 45.3 Å². The standard InChI is InChI=1S/C20H27F3N6O3S/c1-13(2)11-28(15-7-10-33(31,32)12-15)18(30)14-5-8-27(9-6-14)17-4-3-16-24-25-19(20(21,22)23)29(16)26-17/h3-4,13-15H,5-12H2,1-2H3/t15-/m0/s1. The molecule has 0 radical (unpaired) electrons. The molecule has 2 fully saturated rings. The molecule has 13 heteroatoms. The van der Waals surface area contributed by atoms with E-state index in [-0.39, 0.29) is 40.9 Å². The monoisotopic (exact) mass is 488 g/mol. The van der Waals surface area contributed by atoms with Crippen LogP contribution in [0.15, 0.2) is 12.1 Å². The van der Waals surface area contributed by atoms with E-state index in [1.807, 2.05) is 18.7 Å². The van der Waals surface area contributed by atoms with E-state index in [9.17, 15) is 26.4 Å². The minimum atomic E-state index is -4.67. The zero-order valence-electron chi connectivity index (χ0n) is 18.5. The van der Waals surface area contributed by atoms with E-state index in [1.165, 1.54) is 6.07 Å². The molecule has 0 spiro atoms. The number of halogens is 3. The third kappa shape index (κ3) is 5.07. The van der Waals surface area contributed by atoms with Crippen LogP contribution in [0.3, 0.4) is 0 Å². The van der Waals surface area contributed by atoms with E-state index in [4.69, 9.17) is 0 Å². The fraction of sp³-hybridized carbons (Fsp3) is 0.700. The number of hydrogen-bond acceptors (Lipinski definition) is 7. The summed E-state index contributed by atoms with van der Waals surface area (Å²) in [6.07, 6.45) is -3.18. The first kappa shape index (κ1) is 23.7. The van der Waals surface area contributed by atoms with E-state index in [0.29, 0.717) is 49.2 Å². The molecule has 0 unspecified atom stereocenters. The number of carbonyl (C=O) groups is 1. The predicted octanol–water partition coefficient (Wildman–Crippen LogP) is 2.03. The molecule has 2 aliphatic rings. The minimum absolute atomic E-state index is 0.00646. The van der Waals surface area contributed by atoms with Crippen molar-refractivity contribution in [3.63, 3.8) is 0 Å². The Morgan fingerprint density at radius 2 is 1.88 bits per heavy atom. The van der Waals surface area contributed by atoms with Crippen LogP contribution >= 0.6 is 0 Å². The van der Waals surface area contributed by atoms with Crippen molar-refractivity contribution in [2.75, 3.05) is 36.0 Å². The Morgan fingerprint density at radius 1 is 1.18 bits per heavy atom. The molecule has 0 aliphatic carbocycles. The first-order chi connectivity index (χ1) is 15.4. The van der Waals surface area contributed by atoms with Crippen LogP contribution in [0.2, 0.25) is 0 Å². The quantitative estimate of drug-likeness (QED) is 0.635. The molecule has 1 amide bonds. The van der Waals surface area contributed by atoms with Gasteiger partial charge in [0.2, 0.25) is 5.91 Å². The Bertz CT molecular complexity index is 1130. The number of carbonyl (C=O) groups excluding carboxylic acids is 1. The number of aromatic nitrogens is 4. The SMILES string of the molecule is CC(C)CN(C(=O)C1CCN(c2ccc3nnc(C(F)(F)F)n3n2)CC1)[C@H]1CCS(=O)(=O)C1. The maximum Gasteiger partial charge on any atom is 0.453 e. The largest absolute Gasteiger partial charge is 0.453 e. The highest BCUT2D eigenvalue weighted by molar-refractivity contribution is 7.91. The molecule has 2 aromatic rings. The first-order valence-corrected chi connectivity index (χ1v) is 12.8. The number of amides is 1. The van der Waals surface area contributed by atoms with Crippen molar-refractivity contribution in [3.05, 3.63) is 18.0 Å². The van der Waals surface area contributed by atoms with Gasteiger partial charge in [-0.25, -0.2) is 8.42 Å². The van der Waals surface area contributed by atoms with Gasteiger partial charge < -0.3 is 9.80 Å². The van der Waals surface area contributed by atoms with Crippen LogP contribution in [0, 0.1) is 11.8 Å². The lowest BCUT2D eigenvalue weighted by atomic mass is 9.94. The maximum absolute atomic E-state index is 13.3. The minimum Gasteiger partial charge on any atom is -0.355 e. The lowest BCUT2D eigenvalue weighted by Gasteiger charge is -2.37. The van der Waals surface area contributed by atoms with E-state index in [1.54, 1.807) is 11.0 Å². The molecule has 9 nitrogen and oxygen atoms in total. The van der Waals surface area contributed by atoms with Crippen molar-refractivity contribution in [1.29, 1.82) is 0 Å². The molecule has 0 saturated carbocycles. The van der Waals surface area contributed by atoms with Crippen LogP contribution in [0.4, 0.5) is 19.0 Å². The average molecular weight is 489 g/mol. The Kier molecular flexibility index (Phi) is 6.27. The van der Waals surface area contributed by atoms with Crippen LogP contribution < -0.4 is 4.90 Å². The van der Waals surface area contributed by atoms with Gasteiger partial charge in [0.05, 0.1) is 11.5 Å². The zero-order valence-corrected chi connectivity index (χ0v) is 19.3. The number of nitrogens with zero attached hydrogens (tertiary/aromatic N) is 6. The van der Waals surface area contributed by atoms with Crippen molar-refractivity contribution >= 4 is 27.2 Å². The van der Waals surface area contributed by atoms with Gasteiger partial charge in [-0.1, -0.05) is 13.8 Å². The second-order valence-corrected chi connectivity index (χ2v) is 11.4. The van der Waals surface area contributed by atoms with Gasteiger partial charge in [-0.2, -0.15) is 17.7 Å². The van der Waals surface area contributed by atoms with Crippen LogP contribution in [0.25, 0.3) is 5.65 Å². The van der Waals surface area contributed by atoms with E-state index in [2.05, 4.69) is 15.3 Å². The number of sulfone groups is 1. The van der Waals surface area contributed by atoms with Crippen molar-refractivity contribution in [3.8, 4) is 0 Å². The smallest absolute Gasteiger partial charge is 0.355 e. The molecule has 0 N–H and O–H groups in total. The number of hydrogen-bond donors (Lipinski definition) is 0. The summed E-state index contributed by atoms with van der Waals surface area (Å²) in [4.78, 5) is 16.9. The normalized spacial score (nSPS) is 21.8. The molecule has 0 aromatic carbocycles. The molecule has 2 aliphatic heterocycles. The second-order valence-electron chi connectivity index (χ2n) is 9.19.